The van der Waals surface area contributed by atoms with Crippen molar-refractivity contribution in [2.45, 2.75) is 24.8 Å². The van der Waals surface area contributed by atoms with Crippen molar-refractivity contribution in [2.75, 3.05) is 0 Å². The van der Waals surface area contributed by atoms with Gasteiger partial charge >= 0.3 is 0 Å². The number of amides is 1. The highest BCUT2D eigenvalue weighted by Gasteiger charge is 2.40. The summed E-state index contributed by atoms with van der Waals surface area (Å²) in [6.45, 7) is 0. The largest absolute Gasteiger partial charge is 0.342 e. The second-order valence-corrected chi connectivity index (χ2v) is 5.38. The topological polar surface area (TPSA) is 29.1 Å². The summed E-state index contributed by atoms with van der Waals surface area (Å²) in [7, 11) is 0. The quantitative estimate of drug-likeness (QED) is 0.914. The van der Waals surface area contributed by atoms with Crippen molar-refractivity contribution >= 4 is 5.91 Å². The Morgan fingerprint density at radius 3 is 2.33 bits per heavy atom. The van der Waals surface area contributed by atoms with Crippen LogP contribution in [0, 0.1) is 11.6 Å². The lowest BCUT2D eigenvalue weighted by Gasteiger charge is -2.43. The summed E-state index contributed by atoms with van der Waals surface area (Å²) in [5.41, 5.74) is 0.463. The number of hydrogen-bond acceptors (Lipinski definition) is 1. The summed E-state index contributed by atoms with van der Waals surface area (Å²) < 4.78 is 26.6. The molecule has 0 heterocycles. The molecule has 4 heteroatoms. The molecule has 108 valence electrons. The highest BCUT2D eigenvalue weighted by molar-refractivity contribution is 5.95. The van der Waals surface area contributed by atoms with Gasteiger partial charge in [0.05, 0.1) is 11.1 Å². The van der Waals surface area contributed by atoms with Crippen LogP contribution in [0.5, 0.6) is 0 Å². The van der Waals surface area contributed by atoms with Crippen LogP contribution in [0.3, 0.4) is 0 Å². The maximum absolute atomic E-state index is 13.7. The van der Waals surface area contributed by atoms with Crippen molar-refractivity contribution in [3.63, 3.8) is 0 Å². The number of hydrogen-bond donors (Lipinski definition) is 1. The second kappa shape index (κ2) is 5.28. The van der Waals surface area contributed by atoms with Crippen molar-refractivity contribution < 1.29 is 13.6 Å². The average molecular weight is 287 g/mol. The Bertz CT molecular complexity index is 666. The first-order valence-corrected chi connectivity index (χ1v) is 6.94. The molecule has 0 radical (unpaired) electrons. The van der Waals surface area contributed by atoms with Crippen molar-refractivity contribution in [1.29, 1.82) is 0 Å². The third-order valence-electron chi connectivity index (χ3n) is 4.06. The van der Waals surface area contributed by atoms with E-state index < -0.39 is 23.1 Å². The molecule has 0 bridgehead atoms. The molecule has 0 atom stereocenters. The van der Waals surface area contributed by atoms with Gasteiger partial charge in [-0.15, -0.1) is 0 Å². The minimum Gasteiger partial charge on any atom is -0.342 e. The van der Waals surface area contributed by atoms with E-state index in [0.29, 0.717) is 0 Å². The molecule has 0 unspecified atom stereocenters. The van der Waals surface area contributed by atoms with E-state index in [-0.39, 0.29) is 5.56 Å². The molecule has 1 fully saturated rings. The molecule has 0 aliphatic heterocycles. The zero-order chi connectivity index (χ0) is 14.9. The first-order chi connectivity index (χ1) is 10.1. The summed E-state index contributed by atoms with van der Waals surface area (Å²) in [6.07, 6.45) is 2.66. The molecule has 1 saturated carbocycles. The van der Waals surface area contributed by atoms with Crippen LogP contribution < -0.4 is 5.32 Å². The van der Waals surface area contributed by atoms with Crippen molar-refractivity contribution in [2.24, 2.45) is 0 Å². The zero-order valence-electron chi connectivity index (χ0n) is 11.4. The van der Waals surface area contributed by atoms with Gasteiger partial charge in [-0.05, 0) is 37.0 Å². The lowest BCUT2D eigenvalue weighted by Crippen LogP contribution is -2.50. The van der Waals surface area contributed by atoms with Crippen LogP contribution >= 0.6 is 0 Å². The number of carbonyl (C=O) groups excluding carboxylic acids is 1. The highest BCUT2D eigenvalue weighted by atomic mass is 19.1. The molecule has 3 rings (SSSR count). The van der Waals surface area contributed by atoms with Crippen LogP contribution in [0.1, 0.15) is 35.2 Å². The SMILES string of the molecule is O=C(NC1(c2ccccc2)CCC1)c1ccc(F)cc1F. The summed E-state index contributed by atoms with van der Waals surface area (Å²) in [5, 5.41) is 2.92. The maximum Gasteiger partial charge on any atom is 0.254 e. The van der Waals surface area contributed by atoms with Gasteiger partial charge in [-0.1, -0.05) is 30.3 Å². The molecule has 2 nitrogen and oxygen atoms in total. The molecule has 1 amide bonds. The lowest BCUT2D eigenvalue weighted by molar-refractivity contribution is 0.0819. The Labute approximate surface area is 121 Å². The van der Waals surface area contributed by atoms with Gasteiger partial charge < -0.3 is 5.32 Å². The van der Waals surface area contributed by atoms with Crippen LogP contribution in [0.4, 0.5) is 8.78 Å². The summed E-state index contributed by atoms with van der Waals surface area (Å²) in [5.74, 6) is -2.03. The third-order valence-corrected chi connectivity index (χ3v) is 4.06. The summed E-state index contributed by atoms with van der Waals surface area (Å²) in [6, 6.07) is 12.7. The Hall–Kier alpha value is -2.23. The lowest BCUT2D eigenvalue weighted by atomic mass is 9.71. The molecule has 0 aromatic heterocycles. The number of carbonyl (C=O) groups is 1. The summed E-state index contributed by atoms with van der Waals surface area (Å²) in [4.78, 5) is 12.3. The van der Waals surface area contributed by atoms with Crippen molar-refractivity contribution in [1.82, 2.24) is 5.32 Å². The van der Waals surface area contributed by atoms with Gasteiger partial charge in [0, 0.05) is 6.07 Å². The normalized spacial score (nSPS) is 16.1. The Balaban J connectivity index is 1.86. The number of rotatable bonds is 3. The fourth-order valence-electron chi connectivity index (χ4n) is 2.73. The van der Waals surface area contributed by atoms with Crippen LogP contribution in [-0.2, 0) is 5.54 Å². The van der Waals surface area contributed by atoms with Crippen molar-refractivity contribution in [3.05, 3.63) is 71.3 Å². The van der Waals surface area contributed by atoms with Gasteiger partial charge in [0.25, 0.3) is 5.91 Å². The molecule has 0 saturated heterocycles. The second-order valence-electron chi connectivity index (χ2n) is 5.38. The Kier molecular flexibility index (Phi) is 3.45. The molecule has 1 aliphatic carbocycles. The number of nitrogens with one attached hydrogen (secondary N) is 1. The van der Waals surface area contributed by atoms with Gasteiger partial charge in [0.1, 0.15) is 11.6 Å². The van der Waals surface area contributed by atoms with Gasteiger partial charge in [-0.3, -0.25) is 4.79 Å². The van der Waals surface area contributed by atoms with E-state index in [9.17, 15) is 13.6 Å². The van der Waals surface area contributed by atoms with Crippen LogP contribution in [0.25, 0.3) is 0 Å². The zero-order valence-corrected chi connectivity index (χ0v) is 11.4. The fourth-order valence-corrected chi connectivity index (χ4v) is 2.73. The molecule has 1 N–H and O–H groups in total. The Morgan fingerprint density at radius 1 is 1.05 bits per heavy atom. The van der Waals surface area contributed by atoms with E-state index in [1.807, 2.05) is 30.3 Å². The number of halogens is 2. The molecule has 0 spiro atoms. The van der Waals surface area contributed by atoms with E-state index in [4.69, 9.17) is 0 Å². The molecule has 2 aromatic carbocycles. The first kappa shape index (κ1) is 13.7. The molecule has 21 heavy (non-hydrogen) atoms. The van der Waals surface area contributed by atoms with E-state index >= 15 is 0 Å². The van der Waals surface area contributed by atoms with E-state index in [2.05, 4.69) is 5.32 Å². The van der Waals surface area contributed by atoms with Gasteiger partial charge in [0.15, 0.2) is 0 Å². The fraction of sp³-hybridized carbons (Fsp3) is 0.235. The predicted molar refractivity (Wildman–Crippen MR) is 75.8 cm³/mol. The Morgan fingerprint density at radius 2 is 1.76 bits per heavy atom. The van der Waals surface area contributed by atoms with Gasteiger partial charge in [0.2, 0.25) is 0 Å². The molecule has 1 aliphatic rings. The van der Waals surface area contributed by atoms with Gasteiger partial charge in [-0.25, -0.2) is 8.78 Å². The van der Waals surface area contributed by atoms with E-state index in [0.717, 1.165) is 37.0 Å². The average Bonchev–Trinajstić information content (AvgIpc) is 2.43. The van der Waals surface area contributed by atoms with Gasteiger partial charge in [-0.2, -0.15) is 0 Å². The highest BCUT2D eigenvalue weighted by Crippen LogP contribution is 2.41. The minimum atomic E-state index is -0.838. The first-order valence-electron chi connectivity index (χ1n) is 6.94. The van der Waals surface area contributed by atoms with Crippen LogP contribution in [0.15, 0.2) is 48.5 Å². The molecular formula is C17H15F2NO. The smallest absolute Gasteiger partial charge is 0.254 e. The minimum absolute atomic E-state index is 0.126. The van der Waals surface area contributed by atoms with E-state index in [1.54, 1.807) is 0 Å². The predicted octanol–water partition coefficient (Wildman–Crippen LogP) is 3.77. The monoisotopic (exact) mass is 287 g/mol. The van der Waals surface area contributed by atoms with Crippen LogP contribution in [0.2, 0.25) is 0 Å². The van der Waals surface area contributed by atoms with Crippen molar-refractivity contribution in [3.8, 4) is 0 Å². The molecule has 2 aromatic rings. The maximum atomic E-state index is 13.7. The summed E-state index contributed by atoms with van der Waals surface area (Å²) >= 11 is 0. The van der Waals surface area contributed by atoms with Crippen LogP contribution in [-0.4, -0.2) is 5.91 Å². The number of benzene rings is 2. The third kappa shape index (κ3) is 2.53. The standard InChI is InChI=1S/C17H15F2NO/c18-13-7-8-14(15(19)11-13)16(21)20-17(9-4-10-17)12-5-2-1-3-6-12/h1-3,5-8,11H,4,9-10H2,(H,20,21). The van der Waals surface area contributed by atoms with E-state index in [1.165, 1.54) is 6.07 Å². The molecular weight excluding hydrogens is 272 g/mol.